The third-order valence-corrected chi connectivity index (χ3v) is 4.20. The Balaban J connectivity index is 1.90. The van der Waals surface area contributed by atoms with Gasteiger partial charge in [-0.1, -0.05) is 25.4 Å². The van der Waals surface area contributed by atoms with Gasteiger partial charge in [-0.25, -0.2) is 0 Å². The SMILES string of the molecule is CC(C)CNC(=O)c1ccc(NC(=O)CCN2C(=O)CCC2=O)cc1Cl. The summed E-state index contributed by atoms with van der Waals surface area (Å²) in [6.07, 6.45) is 0.415. The predicted molar refractivity (Wildman–Crippen MR) is 97.8 cm³/mol. The summed E-state index contributed by atoms with van der Waals surface area (Å²) in [6.45, 7) is 4.59. The van der Waals surface area contributed by atoms with Gasteiger partial charge in [0.2, 0.25) is 17.7 Å². The Morgan fingerprint density at radius 1 is 1.19 bits per heavy atom. The second kappa shape index (κ2) is 8.80. The molecule has 1 heterocycles. The topological polar surface area (TPSA) is 95.6 Å². The molecule has 1 aliphatic rings. The van der Waals surface area contributed by atoms with E-state index in [0.29, 0.717) is 23.7 Å². The maximum absolute atomic E-state index is 12.1. The number of imide groups is 1. The maximum Gasteiger partial charge on any atom is 0.252 e. The fourth-order valence-corrected chi connectivity index (χ4v) is 2.74. The molecule has 1 aromatic carbocycles. The summed E-state index contributed by atoms with van der Waals surface area (Å²) in [5.41, 5.74) is 0.776. The molecule has 2 N–H and O–H groups in total. The monoisotopic (exact) mass is 379 g/mol. The Bertz CT molecular complexity index is 717. The Morgan fingerprint density at radius 2 is 1.85 bits per heavy atom. The van der Waals surface area contributed by atoms with Gasteiger partial charge >= 0.3 is 0 Å². The Hall–Kier alpha value is -2.41. The summed E-state index contributed by atoms with van der Waals surface area (Å²) in [5.74, 6) is -0.783. The van der Waals surface area contributed by atoms with E-state index in [0.717, 1.165) is 4.90 Å². The molecule has 4 amide bonds. The van der Waals surface area contributed by atoms with Crippen LogP contribution in [0, 0.1) is 5.92 Å². The van der Waals surface area contributed by atoms with E-state index in [2.05, 4.69) is 10.6 Å². The van der Waals surface area contributed by atoms with Gasteiger partial charge in [0.1, 0.15) is 0 Å². The van der Waals surface area contributed by atoms with Crippen molar-refractivity contribution in [1.82, 2.24) is 10.2 Å². The number of carbonyl (C=O) groups excluding carboxylic acids is 4. The zero-order valence-corrected chi connectivity index (χ0v) is 15.6. The summed E-state index contributed by atoms with van der Waals surface area (Å²) in [4.78, 5) is 48.2. The van der Waals surface area contributed by atoms with Crippen molar-refractivity contribution in [2.75, 3.05) is 18.4 Å². The van der Waals surface area contributed by atoms with Crippen molar-refractivity contribution in [2.24, 2.45) is 5.92 Å². The molecular weight excluding hydrogens is 358 g/mol. The summed E-state index contributed by atoms with van der Waals surface area (Å²) < 4.78 is 0. The van der Waals surface area contributed by atoms with Crippen molar-refractivity contribution in [1.29, 1.82) is 0 Å². The summed E-state index contributed by atoms with van der Waals surface area (Å²) >= 11 is 6.13. The molecule has 0 saturated carbocycles. The lowest BCUT2D eigenvalue weighted by atomic mass is 10.1. The smallest absolute Gasteiger partial charge is 0.252 e. The highest BCUT2D eigenvalue weighted by atomic mass is 35.5. The van der Waals surface area contributed by atoms with Crippen LogP contribution in [0.4, 0.5) is 5.69 Å². The summed E-state index contributed by atoms with van der Waals surface area (Å²) in [5, 5.41) is 5.66. The van der Waals surface area contributed by atoms with Crippen molar-refractivity contribution in [3.8, 4) is 0 Å². The van der Waals surface area contributed by atoms with E-state index in [1.54, 1.807) is 12.1 Å². The normalized spacial score (nSPS) is 14.1. The molecule has 0 aromatic heterocycles. The summed E-state index contributed by atoms with van der Waals surface area (Å²) in [6, 6.07) is 4.62. The first-order valence-corrected chi connectivity index (χ1v) is 8.86. The third-order valence-electron chi connectivity index (χ3n) is 3.89. The van der Waals surface area contributed by atoms with Gasteiger partial charge in [-0.3, -0.25) is 24.1 Å². The molecule has 8 heteroatoms. The van der Waals surface area contributed by atoms with Gasteiger partial charge < -0.3 is 10.6 Å². The van der Waals surface area contributed by atoms with Crippen LogP contribution in [-0.2, 0) is 14.4 Å². The molecule has 26 heavy (non-hydrogen) atoms. The van der Waals surface area contributed by atoms with E-state index < -0.39 is 0 Å². The number of nitrogens with zero attached hydrogens (tertiary/aromatic N) is 1. The van der Waals surface area contributed by atoms with Crippen molar-refractivity contribution in [3.63, 3.8) is 0 Å². The van der Waals surface area contributed by atoms with Crippen LogP contribution in [-0.4, -0.2) is 41.6 Å². The van der Waals surface area contributed by atoms with E-state index in [9.17, 15) is 19.2 Å². The first-order chi connectivity index (χ1) is 12.3. The standard InChI is InChI=1S/C18H22ClN3O4/c1-11(2)10-20-18(26)13-4-3-12(9-14(13)19)21-15(23)7-8-22-16(24)5-6-17(22)25/h3-4,9,11H,5-8,10H2,1-2H3,(H,20,26)(H,21,23). The highest BCUT2D eigenvalue weighted by Gasteiger charge is 2.28. The van der Waals surface area contributed by atoms with Gasteiger partial charge in [0.05, 0.1) is 10.6 Å². The van der Waals surface area contributed by atoms with Gasteiger partial charge in [0.15, 0.2) is 0 Å². The predicted octanol–water partition coefficient (Wildman–Crippen LogP) is 2.20. The van der Waals surface area contributed by atoms with Gasteiger partial charge in [0, 0.05) is 38.0 Å². The number of hydrogen-bond donors (Lipinski definition) is 2. The van der Waals surface area contributed by atoms with Crippen LogP contribution in [0.3, 0.4) is 0 Å². The Kier molecular flexibility index (Phi) is 6.74. The number of nitrogens with one attached hydrogen (secondary N) is 2. The van der Waals surface area contributed by atoms with E-state index in [1.165, 1.54) is 6.07 Å². The van der Waals surface area contributed by atoms with Crippen LogP contribution in [0.5, 0.6) is 0 Å². The van der Waals surface area contributed by atoms with Gasteiger partial charge in [-0.15, -0.1) is 0 Å². The Morgan fingerprint density at radius 3 is 2.42 bits per heavy atom. The lowest BCUT2D eigenvalue weighted by Gasteiger charge is -2.14. The molecule has 7 nitrogen and oxygen atoms in total. The molecule has 0 aliphatic carbocycles. The average molecular weight is 380 g/mol. The highest BCUT2D eigenvalue weighted by Crippen LogP contribution is 2.21. The number of likely N-dealkylation sites (tertiary alicyclic amines) is 1. The van der Waals surface area contributed by atoms with E-state index in [-0.39, 0.29) is 54.5 Å². The maximum atomic E-state index is 12.1. The average Bonchev–Trinajstić information content (AvgIpc) is 2.89. The van der Waals surface area contributed by atoms with Crippen molar-refractivity contribution < 1.29 is 19.2 Å². The number of rotatable bonds is 7. The minimum atomic E-state index is -0.342. The second-order valence-corrected chi connectivity index (χ2v) is 6.94. The molecule has 1 aromatic rings. The number of hydrogen-bond acceptors (Lipinski definition) is 4. The minimum absolute atomic E-state index is 0.00568. The van der Waals surface area contributed by atoms with Gasteiger partial charge in [-0.05, 0) is 24.1 Å². The summed E-state index contributed by atoms with van der Waals surface area (Å²) in [7, 11) is 0. The van der Waals surface area contributed by atoms with Crippen LogP contribution in [0.2, 0.25) is 5.02 Å². The fourth-order valence-electron chi connectivity index (χ4n) is 2.48. The van der Waals surface area contributed by atoms with E-state index in [1.807, 2.05) is 13.8 Å². The molecule has 0 atom stereocenters. The van der Waals surface area contributed by atoms with Crippen molar-refractivity contribution in [2.45, 2.75) is 33.1 Å². The second-order valence-electron chi connectivity index (χ2n) is 6.54. The molecule has 0 unspecified atom stereocenters. The largest absolute Gasteiger partial charge is 0.352 e. The van der Waals surface area contributed by atoms with Crippen LogP contribution in [0.25, 0.3) is 0 Å². The van der Waals surface area contributed by atoms with Crippen LogP contribution in [0.1, 0.15) is 43.5 Å². The molecule has 0 bridgehead atoms. The zero-order valence-electron chi connectivity index (χ0n) is 14.8. The molecule has 2 rings (SSSR count). The molecule has 1 saturated heterocycles. The molecule has 0 spiro atoms. The van der Waals surface area contributed by atoms with Crippen LogP contribution < -0.4 is 10.6 Å². The number of benzene rings is 1. The van der Waals surface area contributed by atoms with Crippen molar-refractivity contribution in [3.05, 3.63) is 28.8 Å². The van der Waals surface area contributed by atoms with Crippen LogP contribution in [0.15, 0.2) is 18.2 Å². The highest BCUT2D eigenvalue weighted by molar-refractivity contribution is 6.34. The first-order valence-electron chi connectivity index (χ1n) is 8.48. The lowest BCUT2D eigenvalue weighted by Crippen LogP contribution is -2.32. The first kappa shape index (κ1) is 19.9. The van der Waals surface area contributed by atoms with Gasteiger partial charge in [0.25, 0.3) is 5.91 Å². The molecular formula is C18H22ClN3O4. The fraction of sp³-hybridized carbons (Fsp3) is 0.444. The molecule has 0 radical (unpaired) electrons. The van der Waals surface area contributed by atoms with Crippen molar-refractivity contribution >= 4 is 40.9 Å². The minimum Gasteiger partial charge on any atom is -0.352 e. The number of amides is 4. The number of carbonyl (C=O) groups is 4. The van der Waals surface area contributed by atoms with Crippen LogP contribution >= 0.6 is 11.6 Å². The van der Waals surface area contributed by atoms with E-state index in [4.69, 9.17) is 11.6 Å². The zero-order chi connectivity index (χ0) is 19.3. The third kappa shape index (κ3) is 5.29. The molecule has 140 valence electrons. The number of anilines is 1. The lowest BCUT2D eigenvalue weighted by molar-refractivity contribution is -0.138. The Labute approximate surface area is 157 Å². The van der Waals surface area contributed by atoms with E-state index >= 15 is 0 Å². The molecule has 1 fully saturated rings. The van der Waals surface area contributed by atoms with Gasteiger partial charge in [-0.2, -0.15) is 0 Å². The quantitative estimate of drug-likeness (QED) is 0.710. The number of halogens is 1. The molecule has 1 aliphatic heterocycles.